The first-order chi connectivity index (χ1) is 15.7. The van der Waals surface area contributed by atoms with Crippen molar-refractivity contribution < 1.29 is 13.5 Å². The third-order valence-corrected chi connectivity index (χ3v) is 5.02. The number of unbranched alkanes of at least 4 members (excludes halogenated alkanes) is 1. The molecule has 0 atom stereocenters. The largest absolute Gasteiger partial charge is 0.487 e. The van der Waals surface area contributed by atoms with Gasteiger partial charge < -0.3 is 9.15 Å². The van der Waals surface area contributed by atoms with Gasteiger partial charge >= 0.3 is 0 Å². The molecule has 2 aromatic carbocycles. The standard InChI is InChI=1S/C25H25FN4O2/c1-19-5-8-21(24(26)16-19)9-12-25-28-22(18-32-25)17-31-23-10-6-20(7-11-23)4-2-3-14-30-15-13-27-29-30/h5-13,15-16,18H,2-4,14,17H2,1H3/b12-9+. The Hall–Kier alpha value is -3.74. The SMILES string of the molecule is Cc1ccc(/C=C/c2nc(COc3ccc(CCCCn4ccnn4)cc3)co2)c(F)c1. The highest BCUT2D eigenvalue weighted by Gasteiger charge is 2.04. The smallest absolute Gasteiger partial charge is 0.218 e. The van der Waals surface area contributed by atoms with E-state index in [0.29, 0.717) is 23.8 Å². The van der Waals surface area contributed by atoms with E-state index in [1.807, 2.05) is 36.0 Å². The van der Waals surface area contributed by atoms with Gasteiger partial charge in [-0.25, -0.2) is 9.37 Å². The fourth-order valence-electron chi connectivity index (χ4n) is 3.26. The number of benzene rings is 2. The van der Waals surface area contributed by atoms with E-state index in [1.165, 1.54) is 11.6 Å². The molecule has 4 aromatic rings. The summed E-state index contributed by atoms with van der Waals surface area (Å²) in [7, 11) is 0. The fourth-order valence-corrected chi connectivity index (χ4v) is 3.26. The van der Waals surface area contributed by atoms with Gasteiger partial charge in [0.2, 0.25) is 5.89 Å². The summed E-state index contributed by atoms with van der Waals surface area (Å²) >= 11 is 0. The summed E-state index contributed by atoms with van der Waals surface area (Å²) < 4.78 is 27.0. The molecule has 0 saturated heterocycles. The molecule has 0 bridgehead atoms. The number of ether oxygens (including phenoxy) is 1. The molecule has 0 unspecified atom stereocenters. The van der Waals surface area contributed by atoms with Gasteiger partial charge in [-0.15, -0.1) is 5.10 Å². The second-order valence-corrected chi connectivity index (χ2v) is 7.59. The average molecular weight is 432 g/mol. The van der Waals surface area contributed by atoms with Crippen LogP contribution in [0.25, 0.3) is 12.2 Å². The van der Waals surface area contributed by atoms with Crippen LogP contribution in [0.4, 0.5) is 4.39 Å². The van der Waals surface area contributed by atoms with Gasteiger partial charge in [0, 0.05) is 24.4 Å². The molecule has 6 nitrogen and oxygen atoms in total. The van der Waals surface area contributed by atoms with E-state index in [0.717, 1.165) is 37.1 Å². The van der Waals surface area contributed by atoms with Crippen LogP contribution < -0.4 is 4.74 Å². The highest BCUT2D eigenvalue weighted by molar-refractivity contribution is 5.66. The molecular formula is C25H25FN4O2. The van der Waals surface area contributed by atoms with Crippen molar-refractivity contribution in [3.8, 4) is 5.75 Å². The van der Waals surface area contributed by atoms with Crippen molar-refractivity contribution in [1.82, 2.24) is 20.0 Å². The number of aryl methyl sites for hydroxylation is 3. The molecule has 2 heterocycles. The minimum atomic E-state index is -0.269. The van der Waals surface area contributed by atoms with Crippen molar-refractivity contribution in [2.24, 2.45) is 0 Å². The van der Waals surface area contributed by atoms with Crippen LogP contribution in [0.1, 0.15) is 41.1 Å². The van der Waals surface area contributed by atoms with E-state index >= 15 is 0 Å². The summed E-state index contributed by atoms with van der Waals surface area (Å²) in [6, 6.07) is 13.2. The van der Waals surface area contributed by atoms with Crippen LogP contribution in [0.5, 0.6) is 5.75 Å². The molecule has 0 aliphatic carbocycles. The lowest BCUT2D eigenvalue weighted by Gasteiger charge is -2.06. The minimum Gasteiger partial charge on any atom is -0.487 e. The summed E-state index contributed by atoms with van der Waals surface area (Å²) in [5.74, 6) is 0.915. The van der Waals surface area contributed by atoms with Crippen molar-refractivity contribution in [2.75, 3.05) is 0 Å². The number of hydrogen-bond acceptors (Lipinski definition) is 5. The van der Waals surface area contributed by atoms with E-state index in [1.54, 1.807) is 30.7 Å². The van der Waals surface area contributed by atoms with Crippen LogP contribution in [0.15, 0.2) is 65.5 Å². The highest BCUT2D eigenvalue weighted by atomic mass is 19.1. The zero-order chi connectivity index (χ0) is 22.2. The molecule has 4 rings (SSSR count). The third kappa shape index (κ3) is 6.14. The molecule has 32 heavy (non-hydrogen) atoms. The van der Waals surface area contributed by atoms with Gasteiger partial charge in [0.1, 0.15) is 30.1 Å². The molecule has 164 valence electrons. The summed E-state index contributed by atoms with van der Waals surface area (Å²) in [5, 5.41) is 7.78. The normalized spacial score (nSPS) is 11.3. The molecule has 0 aliphatic rings. The Morgan fingerprint density at radius 1 is 1.09 bits per heavy atom. The second kappa shape index (κ2) is 10.5. The van der Waals surface area contributed by atoms with Gasteiger partial charge in [-0.2, -0.15) is 0 Å². The minimum absolute atomic E-state index is 0.269. The van der Waals surface area contributed by atoms with E-state index in [-0.39, 0.29) is 5.82 Å². The number of oxazole rings is 1. The van der Waals surface area contributed by atoms with Crippen LogP contribution in [-0.2, 0) is 19.6 Å². The van der Waals surface area contributed by atoms with Crippen LogP contribution in [0.2, 0.25) is 0 Å². The Morgan fingerprint density at radius 2 is 1.97 bits per heavy atom. The van der Waals surface area contributed by atoms with Crippen molar-refractivity contribution in [3.05, 3.63) is 95.2 Å². The molecule has 2 aromatic heterocycles. The van der Waals surface area contributed by atoms with Gasteiger partial charge in [0.05, 0.1) is 6.20 Å². The Balaban J connectivity index is 1.22. The van der Waals surface area contributed by atoms with Gasteiger partial charge in [-0.3, -0.25) is 4.68 Å². The summed E-state index contributed by atoms with van der Waals surface area (Å²) in [6.45, 7) is 3.04. The molecule has 7 heteroatoms. The molecular weight excluding hydrogens is 407 g/mol. The summed E-state index contributed by atoms with van der Waals surface area (Å²) in [6.07, 6.45) is 11.6. The average Bonchev–Trinajstić information content (AvgIpc) is 3.48. The maximum absolute atomic E-state index is 13.9. The zero-order valence-corrected chi connectivity index (χ0v) is 17.9. The number of halogens is 1. The van der Waals surface area contributed by atoms with Gasteiger partial charge in [-0.05, 0) is 61.6 Å². The van der Waals surface area contributed by atoms with Gasteiger partial charge in [0.15, 0.2) is 0 Å². The third-order valence-electron chi connectivity index (χ3n) is 5.02. The summed E-state index contributed by atoms with van der Waals surface area (Å²) in [5.41, 5.74) is 3.32. The predicted molar refractivity (Wildman–Crippen MR) is 120 cm³/mol. The second-order valence-electron chi connectivity index (χ2n) is 7.59. The molecule has 0 N–H and O–H groups in total. The van der Waals surface area contributed by atoms with Crippen molar-refractivity contribution in [3.63, 3.8) is 0 Å². The van der Waals surface area contributed by atoms with Crippen LogP contribution >= 0.6 is 0 Å². The lowest BCUT2D eigenvalue weighted by atomic mass is 10.1. The van der Waals surface area contributed by atoms with Crippen LogP contribution in [0, 0.1) is 12.7 Å². The number of aromatic nitrogens is 4. The first kappa shape index (κ1) is 21.5. The van der Waals surface area contributed by atoms with E-state index in [9.17, 15) is 4.39 Å². The van der Waals surface area contributed by atoms with Crippen LogP contribution in [0.3, 0.4) is 0 Å². The monoisotopic (exact) mass is 432 g/mol. The van der Waals surface area contributed by atoms with E-state index in [2.05, 4.69) is 27.4 Å². The molecule has 0 fully saturated rings. The Kier molecular flexibility index (Phi) is 7.07. The number of rotatable bonds is 10. The van der Waals surface area contributed by atoms with E-state index < -0.39 is 0 Å². The predicted octanol–water partition coefficient (Wildman–Crippen LogP) is 5.49. The maximum atomic E-state index is 13.9. The Labute approximate surface area is 186 Å². The van der Waals surface area contributed by atoms with E-state index in [4.69, 9.17) is 9.15 Å². The molecule has 0 radical (unpaired) electrons. The first-order valence-corrected chi connectivity index (χ1v) is 10.6. The maximum Gasteiger partial charge on any atom is 0.218 e. The lowest BCUT2D eigenvalue weighted by Crippen LogP contribution is -1.99. The van der Waals surface area contributed by atoms with Gasteiger partial charge in [0.25, 0.3) is 0 Å². The summed E-state index contributed by atoms with van der Waals surface area (Å²) in [4.78, 5) is 4.36. The topological polar surface area (TPSA) is 66.0 Å². The highest BCUT2D eigenvalue weighted by Crippen LogP contribution is 2.17. The molecule has 0 amide bonds. The zero-order valence-electron chi connectivity index (χ0n) is 17.9. The first-order valence-electron chi connectivity index (χ1n) is 10.6. The fraction of sp³-hybridized carbons (Fsp3) is 0.240. The quantitative estimate of drug-likeness (QED) is 0.310. The van der Waals surface area contributed by atoms with Crippen LogP contribution in [-0.4, -0.2) is 20.0 Å². The van der Waals surface area contributed by atoms with Crippen molar-refractivity contribution >= 4 is 12.2 Å². The lowest BCUT2D eigenvalue weighted by molar-refractivity contribution is 0.301. The van der Waals surface area contributed by atoms with Crippen molar-refractivity contribution in [2.45, 2.75) is 39.3 Å². The molecule has 0 aliphatic heterocycles. The van der Waals surface area contributed by atoms with Gasteiger partial charge in [-0.1, -0.05) is 29.5 Å². The Morgan fingerprint density at radius 3 is 2.75 bits per heavy atom. The molecule has 0 saturated carbocycles. The molecule has 0 spiro atoms. The Bertz CT molecular complexity index is 1150. The number of hydrogen-bond donors (Lipinski definition) is 0. The van der Waals surface area contributed by atoms with Crippen molar-refractivity contribution in [1.29, 1.82) is 0 Å². The number of nitrogens with zero attached hydrogens (tertiary/aromatic N) is 4.